The quantitative estimate of drug-likeness (QED) is 0.653. The highest BCUT2D eigenvalue weighted by atomic mass is 127. The van der Waals surface area contributed by atoms with Crippen LogP contribution in [0.4, 0.5) is 0 Å². The van der Waals surface area contributed by atoms with E-state index >= 15 is 0 Å². The maximum absolute atomic E-state index is 4.98. The van der Waals surface area contributed by atoms with Gasteiger partial charge in [0.15, 0.2) is 0 Å². The van der Waals surface area contributed by atoms with Gasteiger partial charge >= 0.3 is 0 Å². The molecule has 0 aliphatic carbocycles. The van der Waals surface area contributed by atoms with Crippen LogP contribution in [0.1, 0.15) is 6.92 Å². The number of hydrogen-bond acceptors (Lipinski definition) is 4. The number of halogens is 1. The van der Waals surface area contributed by atoms with Gasteiger partial charge in [-0.1, -0.05) is 0 Å². The lowest BCUT2D eigenvalue weighted by atomic mass is 10.6. The zero-order valence-corrected chi connectivity index (χ0v) is 8.20. The molecule has 0 unspecified atom stereocenters. The fourth-order valence-corrected chi connectivity index (χ4v) is 0.792. The van der Waals surface area contributed by atoms with Gasteiger partial charge in [0, 0.05) is 12.6 Å². The Balaban J connectivity index is 2.52. The van der Waals surface area contributed by atoms with Crippen molar-refractivity contribution in [2.24, 2.45) is 0 Å². The molecule has 60 valence electrons. The Bertz CT molecular complexity index is 214. The first-order chi connectivity index (χ1) is 5.33. The summed E-state index contributed by atoms with van der Waals surface area (Å²) in [6, 6.07) is 3.59. The third kappa shape index (κ3) is 2.98. The molecule has 0 aliphatic heterocycles. The first kappa shape index (κ1) is 8.66. The van der Waals surface area contributed by atoms with Crippen molar-refractivity contribution in [1.82, 2.24) is 15.7 Å². The van der Waals surface area contributed by atoms with E-state index < -0.39 is 0 Å². The van der Waals surface area contributed by atoms with Gasteiger partial charge < -0.3 is 4.84 Å². The predicted molar refractivity (Wildman–Crippen MR) is 49.1 cm³/mol. The van der Waals surface area contributed by atoms with Crippen LogP contribution in [0.2, 0.25) is 0 Å². The molecule has 0 saturated heterocycles. The molecule has 1 heterocycles. The molecule has 1 N–H and O–H groups in total. The van der Waals surface area contributed by atoms with E-state index in [1.165, 1.54) is 0 Å². The van der Waals surface area contributed by atoms with E-state index in [1.807, 2.05) is 13.0 Å². The van der Waals surface area contributed by atoms with Crippen molar-refractivity contribution in [3.05, 3.63) is 15.8 Å². The molecule has 0 bridgehead atoms. The van der Waals surface area contributed by atoms with Gasteiger partial charge in [0.25, 0.3) is 5.88 Å². The Kier molecular flexibility index (Phi) is 3.50. The van der Waals surface area contributed by atoms with Crippen LogP contribution < -0.4 is 10.3 Å². The van der Waals surface area contributed by atoms with Crippen LogP contribution in [0, 0.1) is 3.70 Å². The standard InChI is InChI=1S/C6H8IN3O/c1-2-8-11-6-4-3-5(7)9-10-6/h3-4,8H,2H2,1H3. The van der Waals surface area contributed by atoms with Gasteiger partial charge in [-0.05, 0) is 35.6 Å². The molecule has 0 amide bonds. The summed E-state index contributed by atoms with van der Waals surface area (Å²) in [5.41, 5.74) is 2.68. The van der Waals surface area contributed by atoms with Crippen LogP contribution >= 0.6 is 22.6 Å². The molecular formula is C6H8IN3O. The van der Waals surface area contributed by atoms with E-state index in [9.17, 15) is 0 Å². The fraction of sp³-hybridized carbons (Fsp3) is 0.333. The number of nitrogens with zero attached hydrogens (tertiary/aromatic N) is 2. The fourth-order valence-electron chi connectivity index (χ4n) is 0.504. The van der Waals surface area contributed by atoms with Crippen LogP contribution in [0.15, 0.2) is 12.1 Å². The second-order valence-corrected chi connectivity index (χ2v) is 2.90. The van der Waals surface area contributed by atoms with Gasteiger partial charge in [0.05, 0.1) is 0 Å². The average Bonchev–Trinajstić information content (AvgIpc) is 2.04. The Morgan fingerprint density at radius 1 is 1.55 bits per heavy atom. The largest absolute Gasteiger partial charge is 0.387 e. The van der Waals surface area contributed by atoms with Crippen molar-refractivity contribution in [3.63, 3.8) is 0 Å². The number of nitrogens with one attached hydrogen (secondary N) is 1. The minimum absolute atomic E-state index is 0.493. The van der Waals surface area contributed by atoms with E-state index in [1.54, 1.807) is 6.07 Å². The molecule has 0 radical (unpaired) electrons. The molecule has 5 heteroatoms. The van der Waals surface area contributed by atoms with Crippen LogP contribution in [-0.4, -0.2) is 16.7 Å². The predicted octanol–water partition coefficient (Wildman–Crippen LogP) is 0.985. The smallest absolute Gasteiger partial charge is 0.256 e. The number of hydroxylamine groups is 1. The van der Waals surface area contributed by atoms with Gasteiger partial charge in [-0.25, -0.2) is 0 Å². The van der Waals surface area contributed by atoms with Crippen molar-refractivity contribution in [1.29, 1.82) is 0 Å². The summed E-state index contributed by atoms with van der Waals surface area (Å²) < 4.78 is 0.853. The molecule has 4 nitrogen and oxygen atoms in total. The van der Waals surface area contributed by atoms with Crippen LogP contribution in [0.25, 0.3) is 0 Å². The summed E-state index contributed by atoms with van der Waals surface area (Å²) in [7, 11) is 0. The molecule has 0 spiro atoms. The number of rotatable bonds is 3. The summed E-state index contributed by atoms with van der Waals surface area (Å²) in [4.78, 5) is 4.98. The van der Waals surface area contributed by atoms with Crippen molar-refractivity contribution in [3.8, 4) is 5.88 Å². The topological polar surface area (TPSA) is 47.0 Å². The molecular weight excluding hydrogens is 257 g/mol. The Morgan fingerprint density at radius 2 is 2.36 bits per heavy atom. The van der Waals surface area contributed by atoms with Crippen molar-refractivity contribution in [2.45, 2.75) is 6.92 Å². The Labute approximate surface area is 78.4 Å². The third-order valence-corrected chi connectivity index (χ3v) is 1.50. The van der Waals surface area contributed by atoms with Gasteiger partial charge in [-0.3, -0.25) is 0 Å². The lowest BCUT2D eigenvalue weighted by molar-refractivity contribution is 0.191. The average molecular weight is 265 g/mol. The van der Waals surface area contributed by atoms with Gasteiger partial charge in [-0.2, -0.15) is 5.48 Å². The lowest BCUT2D eigenvalue weighted by Crippen LogP contribution is -2.18. The molecule has 1 rings (SSSR count). The highest BCUT2D eigenvalue weighted by Gasteiger charge is 1.93. The number of aromatic nitrogens is 2. The summed E-state index contributed by atoms with van der Waals surface area (Å²) in [5, 5.41) is 7.58. The Hall–Kier alpha value is -0.430. The molecule has 0 aromatic carbocycles. The maximum atomic E-state index is 4.98. The third-order valence-electron chi connectivity index (χ3n) is 0.929. The minimum atomic E-state index is 0.493. The normalized spacial score (nSPS) is 9.64. The van der Waals surface area contributed by atoms with Crippen molar-refractivity contribution >= 4 is 22.6 Å². The first-order valence-electron chi connectivity index (χ1n) is 3.22. The zero-order chi connectivity index (χ0) is 8.10. The summed E-state index contributed by atoms with van der Waals surface area (Å²) in [6.45, 7) is 2.69. The summed E-state index contributed by atoms with van der Waals surface area (Å²) in [5.74, 6) is 0.493. The molecule has 11 heavy (non-hydrogen) atoms. The Morgan fingerprint density at radius 3 is 2.91 bits per heavy atom. The molecule has 1 aromatic rings. The monoisotopic (exact) mass is 265 g/mol. The van der Waals surface area contributed by atoms with Gasteiger partial charge in [-0.15, -0.1) is 10.2 Å². The van der Waals surface area contributed by atoms with Gasteiger partial charge in [0.1, 0.15) is 3.70 Å². The highest BCUT2D eigenvalue weighted by molar-refractivity contribution is 14.1. The lowest BCUT2D eigenvalue weighted by Gasteiger charge is -2.01. The van der Waals surface area contributed by atoms with Crippen LogP contribution in [-0.2, 0) is 0 Å². The molecule has 0 atom stereocenters. The van der Waals surface area contributed by atoms with Gasteiger partial charge in [0.2, 0.25) is 0 Å². The van der Waals surface area contributed by atoms with Crippen LogP contribution in [0.3, 0.4) is 0 Å². The minimum Gasteiger partial charge on any atom is -0.387 e. The summed E-state index contributed by atoms with van der Waals surface area (Å²) in [6.07, 6.45) is 0. The summed E-state index contributed by atoms with van der Waals surface area (Å²) >= 11 is 2.08. The molecule has 0 saturated carbocycles. The molecule has 1 aromatic heterocycles. The second-order valence-electron chi connectivity index (χ2n) is 1.79. The van der Waals surface area contributed by atoms with E-state index in [0.717, 1.165) is 10.2 Å². The maximum Gasteiger partial charge on any atom is 0.256 e. The SMILES string of the molecule is CCNOc1ccc(I)nn1. The second kappa shape index (κ2) is 4.45. The van der Waals surface area contributed by atoms with Crippen molar-refractivity contribution in [2.75, 3.05) is 6.54 Å². The van der Waals surface area contributed by atoms with E-state index in [4.69, 9.17) is 4.84 Å². The first-order valence-corrected chi connectivity index (χ1v) is 4.29. The number of hydrogen-bond donors (Lipinski definition) is 1. The molecule has 0 fully saturated rings. The van der Waals surface area contributed by atoms with E-state index in [-0.39, 0.29) is 0 Å². The van der Waals surface area contributed by atoms with E-state index in [2.05, 4.69) is 38.3 Å². The van der Waals surface area contributed by atoms with Crippen molar-refractivity contribution < 1.29 is 4.84 Å². The molecule has 0 aliphatic rings. The zero-order valence-electron chi connectivity index (χ0n) is 6.04. The van der Waals surface area contributed by atoms with Crippen LogP contribution in [0.5, 0.6) is 5.88 Å². The van der Waals surface area contributed by atoms with E-state index in [0.29, 0.717) is 5.88 Å². The highest BCUT2D eigenvalue weighted by Crippen LogP contribution is 2.04.